The first-order valence-corrected chi connectivity index (χ1v) is 6.03. The third kappa shape index (κ3) is 2.12. The molecule has 0 saturated heterocycles. The van der Waals surface area contributed by atoms with E-state index in [2.05, 4.69) is 4.98 Å². The number of halogens is 1. The van der Waals surface area contributed by atoms with E-state index in [0.29, 0.717) is 30.8 Å². The molecule has 19 heavy (non-hydrogen) atoms. The number of rotatable bonds is 4. The number of carboxylic acids is 1. The summed E-state index contributed by atoms with van der Waals surface area (Å²) < 4.78 is 18.1. The van der Waals surface area contributed by atoms with Gasteiger partial charge in [-0.1, -0.05) is 12.1 Å². The molecule has 0 aliphatic heterocycles. The molecule has 1 saturated carbocycles. The fourth-order valence-electron chi connectivity index (χ4n) is 2.09. The van der Waals surface area contributed by atoms with E-state index in [4.69, 9.17) is 9.52 Å². The molecule has 1 heterocycles. The summed E-state index contributed by atoms with van der Waals surface area (Å²) in [5.74, 6) is -0.692. The highest BCUT2D eigenvalue weighted by molar-refractivity contribution is 5.84. The summed E-state index contributed by atoms with van der Waals surface area (Å²) in [6, 6.07) is 6.06. The Hall–Kier alpha value is -2.17. The standard InChI is InChI=1S/C14H12FNO3/c15-10-3-1-9(2-4-10)7-12-16-11(8-19-12)14(5-6-14)13(17)18/h1-4,8H,5-7H2,(H,17,18). The molecule has 1 fully saturated rings. The van der Waals surface area contributed by atoms with Gasteiger partial charge in [0.2, 0.25) is 0 Å². The van der Waals surface area contributed by atoms with Crippen molar-refractivity contribution >= 4 is 5.97 Å². The summed E-state index contributed by atoms with van der Waals surface area (Å²) in [7, 11) is 0. The van der Waals surface area contributed by atoms with Gasteiger partial charge in [0.05, 0.1) is 5.69 Å². The van der Waals surface area contributed by atoms with Crippen LogP contribution in [0.2, 0.25) is 0 Å². The van der Waals surface area contributed by atoms with Crippen LogP contribution in [-0.4, -0.2) is 16.1 Å². The smallest absolute Gasteiger partial charge is 0.315 e. The lowest BCUT2D eigenvalue weighted by molar-refractivity contribution is -0.140. The number of oxazole rings is 1. The number of hydrogen-bond donors (Lipinski definition) is 1. The molecule has 4 nitrogen and oxygen atoms in total. The van der Waals surface area contributed by atoms with Crippen molar-refractivity contribution in [3.63, 3.8) is 0 Å². The van der Waals surface area contributed by atoms with Crippen LogP contribution in [0.3, 0.4) is 0 Å². The van der Waals surface area contributed by atoms with E-state index in [-0.39, 0.29) is 5.82 Å². The van der Waals surface area contributed by atoms with Gasteiger partial charge >= 0.3 is 5.97 Å². The lowest BCUT2D eigenvalue weighted by Gasteiger charge is -2.03. The lowest BCUT2D eigenvalue weighted by Crippen LogP contribution is -2.19. The van der Waals surface area contributed by atoms with Crippen LogP contribution in [0, 0.1) is 5.82 Å². The summed E-state index contributed by atoms with van der Waals surface area (Å²) in [6.07, 6.45) is 3.05. The van der Waals surface area contributed by atoms with Gasteiger partial charge < -0.3 is 9.52 Å². The van der Waals surface area contributed by atoms with E-state index >= 15 is 0 Å². The number of carbonyl (C=O) groups is 1. The van der Waals surface area contributed by atoms with Gasteiger partial charge in [0.15, 0.2) is 5.89 Å². The second-order valence-electron chi connectivity index (χ2n) is 4.82. The molecule has 1 aliphatic carbocycles. The fraction of sp³-hybridized carbons (Fsp3) is 0.286. The second-order valence-corrected chi connectivity index (χ2v) is 4.82. The Morgan fingerprint density at radius 3 is 2.63 bits per heavy atom. The Balaban J connectivity index is 1.79. The maximum atomic E-state index is 12.8. The number of benzene rings is 1. The van der Waals surface area contributed by atoms with Gasteiger partial charge in [-0.15, -0.1) is 0 Å². The van der Waals surface area contributed by atoms with Gasteiger partial charge in [-0.25, -0.2) is 9.37 Å². The van der Waals surface area contributed by atoms with Crippen LogP contribution < -0.4 is 0 Å². The molecule has 1 N–H and O–H groups in total. The Kier molecular flexibility index (Phi) is 2.62. The number of nitrogens with zero attached hydrogens (tertiary/aromatic N) is 1. The van der Waals surface area contributed by atoms with Crippen molar-refractivity contribution in [2.24, 2.45) is 0 Å². The SMILES string of the molecule is O=C(O)C1(c2coc(Cc3ccc(F)cc3)n2)CC1. The quantitative estimate of drug-likeness (QED) is 0.918. The van der Waals surface area contributed by atoms with Crippen LogP contribution >= 0.6 is 0 Å². The molecule has 0 unspecified atom stereocenters. The maximum absolute atomic E-state index is 12.8. The monoisotopic (exact) mass is 261 g/mol. The van der Waals surface area contributed by atoms with E-state index in [9.17, 15) is 9.18 Å². The third-order valence-corrected chi connectivity index (χ3v) is 3.47. The van der Waals surface area contributed by atoms with Gasteiger partial charge in [-0.05, 0) is 30.5 Å². The predicted molar refractivity (Wildman–Crippen MR) is 64.3 cm³/mol. The number of hydrogen-bond acceptors (Lipinski definition) is 3. The Labute approximate surface area is 108 Å². The van der Waals surface area contributed by atoms with E-state index in [1.165, 1.54) is 18.4 Å². The summed E-state index contributed by atoms with van der Waals surface area (Å²) in [5, 5.41) is 9.16. The molecule has 0 atom stereocenters. The zero-order valence-electron chi connectivity index (χ0n) is 10.1. The lowest BCUT2D eigenvalue weighted by atomic mass is 10.0. The molecule has 0 radical (unpaired) electrons. The van der Waals surface area contributed by atoms with Crippen molar-refractivity contribution in [2.75, 3.05) is 0 Å². The van der Waals surface area contributed by atoms with Crippen LogP contribution in [0.5, 0.6) is 0 Å². The van der Waals surface area contributed by atoms with Crippen molar-refractivity contribution in [2.45, 2.75) is 24.7 Å². The van der Waals surface area contributed by atoms with Crippen molar-refractivity contribution in [3.05, 3.63) is 53.5 Å². The fourth-order valence-corrected chi connectivity index (χ4v) is 2.09. The molecule has 5 heteroatoms. The van der Waals surface area contributed by atoms with E-state index < -0.39 is 11.4 Å². The van der Waals surface area contributed by atoms with Crippen LogP contribution in [0.25, 0.3) is 0 Å². The summed E-state index contributed by atoms with van der Waals surface area (Å²) >= 11 is 0. The number of aliphatic carboxylic acids is 1. The summed E-state index contributed by atoms with van der Waals surface area (Å²) in [6.45, 7) is 0. The highest BCUT2D eigenvalue weighted by atomic mass is 19.1. The maximum Gasteiger partial charge on any atom is 0.315 e. The topological polar surface area (TPSA) is 63.3 Å². The Morgan fingerprint density at radius 2 is 2.05 bits per heavy atom. The molecular formula is C14H12FNO3. The molecule has 0 bridgehead atoms. The van der Waals surface area contributed by atoms with Crippen LogP contribution in [0.1, 0.15) is 30.0 Å². The molecule has 1 aromatic heterocycles. The first-order valence-electron chi connectivity index (χ1n) is 6.03. The average Bonchev–Trinajstić information content (AvgIpc) is 3.08. The number of aromatic nitrogens is 1. The Bertz CT molecular complexity index is 614. The van der Waals surface area contributed by atoms with E-state index in [1.54, 1.807) is 12.1 Å². The molecule has 2 aromatic rings. The van der Waals surface area contributed by atoms with Crippen LogP contribution in [0.15, 0.2) is 34.9 Å². The molecule has 98 valence electrons. The van der Waals surface area contributed by atoms with Gasteiger partial charge in [-0.3, -0.25) is 4.79 Å². The highest BCUT2D eigenvalue weighted by Gasteiger charge is 2.54. The summed E-state index contributed by atoms with van der Waals surface area (Å²) in [5.41, 5.74) is 0.511. The van der Waals surface area contributed by atoms with E-state index in [1.807, 2.05) is 0 Å². The number of carboxylic acid groups (broad SMARTS) is 1. The Morgan fingerprint density at radius 1 is 1.37 bits per heavy atom. The van der Waals surface area contributed by atoms with Gasteiger partial charge in [0.1, 0.15) is 17.5 Å². The average molecular weight is 261 g/mol. The molecule has 0 amide bonds. The zero-order chi connectivity index (χ0) is 13.5. The zero-order valence-corrected chi connectivity index (χ0v) is 10.1. The van der Waals surface area contributed by atoms with Crippen LogP contribution in [0.4, 0.5) is 4.39 Å². The summed E-state index contributed by atoms with van der Waals surface area (Å²) in [4.78, 5) is 15.4. The highest BCUT2D eigenvalue weighted by Crippen LogP contribution is 2.47. The normalized spacial score (nSPS) is 16.3. The first-order chi connectivity index (χ1) is 9.10. The molecule has 1 aliphatic rings. The molecular weight excluding hydrogens is 249 g/mol. The van der Waals surface area contributed by atoms with Crippen LogP contribution in [-0.2, 0) is 16.6 Å². The van der Waals surface area contributed by atoms with Crippen molar-refractivity contribution in [3.8, 4) is 0 Å². The minimum atomic E-state index is -0.853. The largest absolute Gasteiger partial charge is 0.481 e. The molecule has 0 spiro atoms. The third-order valence-electron chi connectivity index (χ3n) is 3.47. The predicted octanol–water partition coefficient (Wildman–Crippen LogP) is 2.52. The first kappa shape index (κ1) is 11.9. The van der Waals surface area contributed by atoms with Crippen molar-refractivity contribution < 1.29 is 18.7 Å². The molecule has 3 rings (SSSR count). The van der Waals surface area contributed by atoms with Crippen molar-refractivity contribution in [1.29, 1.82) is 0 Å². The van der Waals surface area contributed by atoms with Gasteiger partial charge in [0, 0.05) is 6.42 Å². The molecule has 1 aromatic carbocycles. The van der Waals surface area contributed by atoms with Crippen molar-refractivity contribution in [1.82, 2.24) is 4.98 Å². The minimum Gasteiger partial charge on any atom is -0.481 e. The minimum absolute atomic E-state index is 0.292. The van der Waals surface area contributed by atoms with Gasteiger partial charge in [-0.2, -0.15) is 0 Å². The van der Waals surface area contributed by atoms with E-state index in [0.717, 1.165) is 5.56 Å². The second kappa shape index (κ2) is 4.19. The van der Waals surface area contributed by atoms with Gasteiger partial charge in [0.25, 0.3) is 0 Å².